The van der Waals surface area contributed by atoms with E-state index in [0.29, 0.717) is 24.7 Å². The molecule has 0 radical (unpaired) electrons. The number of rotatable bonds is 8. The Hall–Kier alpha value is -2.25. The summed E-state index contributed by atoms with van der Waals surface area (Å²) in [4.78, 5) is 30.9. The number of fused-ring (bicyclic) bond motifs is 1. The van der Waals surface area contributed by atoms with E-state index in [1.165, 1.54) is 4.88 Å². The molecule has 172 valence electrons. The smallest absolute Gasteiger partial charge is 0.318 e. The van der Waals surface area contributed by atoms with Crippen LogP contribution in [0.25, 0.3) is 0 Å². The Bertz CT molecular complexity index is 975. The second-order valence-electron chi connectivity index (χ2n) is 8.47. The number of hydrogen-bond donors (Lipinski definition) is 1. The number of halogens is 1. The van der Waals surface area contributed by atoms with Crippen LogP contribution in [-0.2, 0) is 11.2 Å². The molecule has 1 aliphatic heterocycles. The molecule has 32 heavy (non-hydrogen) atoms. The third-order valence-corrected chi connectivity index (χ3v) is 7.45. The van der Waals surface area contributed by atoms with Gasteiger partial charge >= 0.3 is 6.03 Å². The van der Waals surface area contributed by atoms with E-state index in [4.69, 9.17) is 16.3 Å². The van der Waals surface area contributed by atoms with Gasteiger partial charge in [0.1, 0.15) is 18.9 Å². The Balaban J connectivity index is 1.48. The van der Waals surface area contributed by atoms with E-state index in [1.807, 2.05) is 36.9 Å². The van der Waals surface area contributed by atoms with Gasteiger partial charge in [0, 0.05) is 29.0 Å². The zero-order valence-electron chi connectivity index (χ0n) is 18.6. The molecule has 0 saturated heterocycles. The first-order valence-corrected chi connectivity index (χ1v) is 12.5. The number of urea groups is 1. The van der Waals surface area contributed by atoms with Crippen molar-refractivity contribution in [3.63, 3.8) is 0 Å². The van der Waals surface area contributed by atoms with Gasteiger partial charge in [0.05, 0.1) is 6.04 Å². The summed E-state index contributed by atoms with van der Waals surface area (Å²) in [6, 6.07) is 7.55. The van der Waals surface area contributed by atoms with Crippen molar-refractivity contribution in [2.45, 2.75) is 51.6 Å². The van der Waals surface area contributed by atoms with Crippen LogP contribution in [0.5, 0.6) is 5.75 Å². The van der Waals surface area contributed by atoms with Crippen molar-refractivity contribution in [1.82, 2.24) is 15.1 Å². The summed E-state index contributed by atoms with van der Waals surface area (Å²) < 4.78 is 6.11. The first kappa shape index (κ1) is 22.9. The fourth-order valence-electron chi connectivity index (χ4n) is 4.08. The Labute approximate surface area is 198 Å². The summed E-state index contributed by atoms with van der Waals surface area (Å²) in [6.07, 6.45) is 3.63. The monoisotopic (exact) mass is 475 g/mol. The summed E-state index contributed by atoms with van der Waals surface area (Å²) in [6.45, 7) is 5.69. The van der Waals surface area contributed by atoms with Crippen LogP contribution in [0.1, 0.15) is 48.2 Å². The molecule has 1 aromatic heterocycles. The van der Waals surface area contributed by atoms with Crippen LogP contribution >= 0.6 is 22.9 Å². The molecule has 6 nitrogen and oxygen atoms in total. The predicted molar refractivity (Wildman–Crippen MR) is 128 cm³/mol. The van der Waals surface area contributed by atoms with Crippen molar-refractivity contribution < 1.29 is 14.3 Å². The lowest BCUT2D eigenvalue weighted by Crippen LogP contribution is -2.50. The average molecular weight is 476 g/mol. The molecule has 1 unspecified atom stereocenters. The zero-order valence-corrected chi connectivity index (χ0v) is 20.2. The lowest BCUT2D eigenvalue weighted by atomic mass is 10.0. The number of ether oxygens (including phenoxy) is 1. The fourth-order valence-corrected chi connectivity index (χ4v) is 5.13. The number of benzene rings is 1. The Kier molecular flexibility index (Phi) is 7.26. The highest BCUT2D eigenvalue weighted by atomic mass is 35.5. The van der Waals surface area contributed by atoms with Crippen LogP contribution in [0, 0.1) is 6.92 Å². The van der Waals surface area contributed by atoms with Crippen LogP contribution in [0.15, 0.2) is 29.6 Å². The van der Waals surface area contributed by atoms with Crippen LogP contribution in [-0.4, -0.2) is 54.0 Å². The Morgan fingerprint density at radius 1 is 1.31 bits per heavy atom. The number of thiophene rings is 1. The first-order valence-electron chi connectivity index (χ1n) is 11.3. The van der Waals surface area contributed by atoms with Crippen molar-refractivity contribution in [3.8, 4) is 5.75 Å². The minimum atomic E-state index is -0.173. The molecule has 1 aliphatic carbocycles. The van der Waals surface area contributed by atoms with Crippen LogP contribution in [0.4, 0.5) is 4.79 Å². The van der Waals surface area contributed by atoms with E-state index >= 15 is 0 Å². The summed E-state index contributed by atoms with van der Waals surface area (Å²) in [7, 11) is 0. The molecular formula is C24H30ClN3O3S. The molecule has 2 aliphatic rings. The van der Waals surface area contributed by atoms with E-state index in [2.05, 4.69) is 16.8 Å². The highest BCUT2D eigenvalue weighted by molar-refractivity contribution is 7.10. The third kappa shape index (κ3) is 5.21. The normalized spacial score (nSPS) is 17.6. The summed E-state index contributed by atoms with van der Waals surface area (Å²) in [5.74, 6) is 0.710. The number of hydrogen-bond acceptors (Lipinski definition) is 4. The number of carbonyl (C=O) groups is 2. The molecule has 1 saturated carbocycles. The number of nitrogens with one attached hydrogen (secondary N) is 1. The third-order valence-electron chi connectivity index (χ3n) is 6.03. The van der Waals surface area contributed by atoms with E-state index in [-0.39, 0.29) is 30.6 Å². The predicted octanol–water partition coefficient (Wildman–Crippen LogP) is 4.80. The highest BCUT2D eigenvalue weighted by Crippen LogP contribution is 2.35. The highest BCUT2D eigenvalue weighted by Gasteiger charge is 2.37. The molecule has 8 heteroatoms. The summed E-state index contributed by atoms with van der Waals surface area (Å²) in [5.41, 5.74) is 2.10. The largest absolute Gasteiger partial charge is 0.491 e. The van der Waals surface area contributed by atoms with Gasteiger partial charge in [-0.05, 0) is 73.4 Å². The molecule has 0 bridgehead atoms. The summed E-state index contributed by atoms with van der Waals surface area (Å²) >= 11 is 7.86. The maximum absolute atomic E-state index is 13.4. The van der Waals surface area contributed by atoms with Gasteiger partial charge in [0.25, 0.3) is 0 Å². The second-order valence-corrected chi connectivity index (χ2v) is 9.87. The number of carbonyl (C=O) groups excluding carboxylic acids is 2. The molecule has 4 rings (SSSR count). The van der Waals surface area contributed by atoms with Gasteiger partial charge in [-0.25, -0.2) is 4.79 Å². The van der Waals surface area contributed by atoms with Crippen molar-refractivity contribution in [2.24, 2.45) is 0 Å². The van der Waals surface area contributed by atoms with Gasteiger partial charge in [0.15, 0.2) is 0 Å². The van der Waals surface area contributed by atoms with Crippen molar-refractivity contribution in [1.29, 1.82) is 0 Å². The van der Waals surface area contributed by atoms with Gasteiger partial charge in [-0.3, -0.25) is 4.79 Å². The van der Waals surface area contributed by atoms with Crippen LogP contribution < -0.4 is 10.1 Å². The molecular weight excluding hydrogens is 446 g/mol. The quantitative estimate of drug-likeness (QED) is 0.596. The van der Waals surface area contributed by atoms with Gasteiger partial charge < -0.3 is 19.9 Å². The van der Waals surface area contributed by atoms with Crippen LogP contribution in [0.2, 0.25) is 5.02 Å². The topological polar surface area (TPSA) is 61.9 Å². The van der Waals surface area contributed by atoms with E-state index in [9.17, 15) is 9.59 Å². The molecule has 2 aromatic rings. The standard InChI is InChI=1S/C24H30ClN3O3S/c1-3-10-26-24(30)28(17-4-5-17)14-23(29)27-11-8-22-19(9-12-32-22)21(27)15-31-18-6-7-20(25)16(2)13-18/h6-7,9,12-13,17,21H,3-5,8,10-11,14-15H2,1-2H3,(H,26,30). The maximum Gasteiger partial charge on any atom is 0.318 e. The molecule has 1 fully saturated rings. The lowest BCUT2D eigenvalue weighted by molar-refractivity contribution is -0.135. The molecule has 1 N–H and O–H groups in total. The first-order chi connectivity index (χ1) is 15.5. The fraction of sp³-hybridized carbons (Fsp3) is 0.500. The molecule has 1 atom stereocenters. The van der Waals surface area contributed by atoms with Crippen molar-refractivity contribution in [2.75, 3.05) is 26.2 Å². The number of aryl methyl sites for hydroxylation is 1. The van der Waals surface area contributed by atoms with Gasteiger partial charge in [-0.1, -0.05) is 18.5 Å². The Morgan fingerprint density at radius 3 is 2.84 bits per heavy atom. The van der Waals surface area contributed by atoms with E-state index < -0.39 is 0 Å². The maximum atomic E-state index is 13.4. The summed E-state index contributed by atoms with van der Waals surface area (Å²) in [5, 5.41) is 5.70. The number of amides is 3. The van der Waals surface area contributed by atoms with Gasteiger partial charge in [-0.2, -0.15) is 0 Å². The van der Waals surface area contributed by atoms with Gasteiger partial charge in [-0.15, -0.1) is 11.3 Å². The average Bonchev–Trinajstić information content (AvgIpc) is 3.51. The lowest BCUT2D eigenvalue weighted by Gasteiger charge is -2.37. The molecule has 3 amide bonds. The minimum Gasteiger partial charge on any atom is -0.491 e. The second kappa shape index (κ2) is 10.1. The van der Waals surface area contributed by atoms with E-state index in [1.54, 1.807) is 16.2 Å². The molecule has 0 spiro atoms. The van der Waals surface area contributed by atoms with Crippen molar-refractivity contribution in [3.05, 3.63) is 50.7 Å². The zero-order chi connectivity index (χ0) is 22.7. The van der Waals surface area contributed by atoms with Crippen molar-refractivity contribution >= 4 is 34.9 Å². The van der Waals surface area contributed by atoms with Crippen LogP contribution in [0.3, 0.4) is 0 Å². The molecule has 2 heterocycles. The Morgan fingerprint density at radius 2 is 2.12 bits per heavy atom. The van der Waals surface area contributed by atoms with Gasteiger partial charge in [0.2, 0.25) is 5.91 Å². The van der Waals surface area contributed by atoms with E-state index in [0.717, 1.165) is 42.6 Å². The number of nitrogens with zero attached hydrogens (tertiary/aromatic N) is 2. The SMILES string of the molecule is CCCNC(=O)N(CC(=O)N1CCc2sccc2C1COc1ccc(Cl)c(C)c1)C1CC1. The minimum absolute atomic E-state index is 0.0266. The molecule has 1 aromatic carbocycles.